The van der Waals surface area contributed by atoms with Crippen LogP contribution in [0.3, 0.4) is 0 Å². The Bertz CT molecular complexity index is 1150. The smallest absolute Gasteiger partial charge is 0.399 e. The van der Waals surface area contributed by atoms with Crippen LogP contribution < -0.4 is 10.2 Å². The molecule has 34 heavy (non-hydrogen) atoms. The molecule has 0 aliphatic heterocycles. The van der Waals surface area contributed by atoms with Crippen molar-refractivity contribution in [1.82, 2.24) is 4.98 Å². The Morgan fingerprint density at radius 3 is 2.50 bits per heavy atom. The van der Waals surface area contributed by atoms with E-state index in [1.165, 1.54) is 20.1 Å². The lowest BCUT2D eigenvalue weighted by atomic mass is 9.95. The quantitative estimate of drug-likeness (QED) is 0.189. The fraction of sp³-hybridized carbons (Fsp3) is 0.208. The van der Waals surface area contributed by atoms with Crippen molar-refractivity contribution in [2.45, 2.75) is 25.6 Å². The lowest BCUT2D eigenvalue weighted by Gasteiger charge is -2.18. The zero-order valence-electron chi connectivity index (χ0n) is 18.1. The molecule has 10 heteroatoms. The molecule has 0 spiro atoms. The van der Waals surface area contributed by atoms with E-state index in [1.807, 2.05) is 0 Å². The Labute approximate surface area is 204 Å². The van der Waals surface area contributed by atoms with Crippen molar-refractivity contribution in [2.24, 2.45) is 0 Å². The first-order valence-electron chi connectivity index (χ1n) is 9.95. The molecule has 0 fully saturated rings. The van der Waals surface area contributed by atoms with Crippen molar-refractivity contribution in [3.63, 3.8) is 0 Å². The van der Waals surface area contributed by atoms with E-state index >= 15 is 0 Å². The first-order valence-corrected chi connectivity index (χ1v) is 10.7. The number of rotatable bonds is 8. The van der Waals surface area contributed by atoms with E-state index in [0.717, 1.165) is 23.8 Å². The summed E-state index contributed by atoms with van der Waals surface area (Å²) in [6.45, 7) is 1.56. The van der Waals surface area contributed by atoms with Crippen LogP contribution in [0.5, 0.6) is 5.75 Å². The minimum Gasteiger partial charge on any atom is -0.494 e. The third-order valence-corrected chi connectivity index (χ3v) is 5.36. The number of methoxy groups -OCH3 is 1. The number of pyridine rings is 1. The number of allylic oxidation sites excluding steroid dienone is 1. The first kappa shape index (κ1) is 25.8. The second kappa shape index (κ2) is 11.1. The van der Waals surface area contributed by atoms with Gasteiger partial charge in [-0.1, -0.05) is 53.6 Å². The van der Waals surface area contributed by atoms with Crippen LogP contribution in [0.4, 0.5) is 23.2 Å². The highest BCUT2D eigenvalue weighted by Crippen LogP contribution is 2.38. The highest BCUT2D eigenvalue weighted by Gasteiger charge is 2.39. The average molecular weight is 515 g/mol. The SMILES string of the molecule is COc1cc(/C=C/C(c2cc(C)c(F)c(Cl)c2)C(F)(F)F)ccc1NOCc1ccc(Cl)nc1. The van der Waals surface area contributed by atoms with Gasteiger partial charge in [0, 0.05) is 6.20 Å². The normalized spacial score (nSPS) is 12.7. The minimum absolute atomic E-state index is 0.0385. The molecule has 1 heterocycles. The van der Waals surface area contributed by atoms with Gasteiger partial charge in [-0.25, -0.2) is 9.37 Å². The van der Waals surface area contributed by atoms with Crippen molar-refractivity contribution >= 4 is 35.0 Å². The van der Waals surface area contributed by atoms with Gasteiger partial charge in [-0.05, 0) is 53.4 Å². The zero-order chi connectivity index (χ0) is 24.9. The Balaban J connectivity index is 1.76. The van der Waals surface area contributed by atoms with Gasteiger partial charge < -0.3 is 4.74 Å². The standard InChI is InChI=1S/C24H20Cl2F4N2O2/c1-14-9-17(11-19(25)23(14)27)18(24(28,29)30)6-3-15-4-7-20(21(10-15)33-2)32-34-13-16-5-8-22(26)31-12-16/h3-12,18,32H,13H2,1-2H3/b6-3+. The topological polar surface area (TPSA) is 43.4 Å². The predicted octanol–water partition coefficient (Wildman–Crippen LogP) is 7.75. The van der Waals surface area contributed by atoms with E-state index in [2.05, 4.69) is 10.5 Å². The van der Waals surface area contributed by atoms with Gasteiger partial charge in [0.2, 0.25) is 0 Å². The number of halogens is 6. The molecule has 4 nitrogen and oxygen atoms in total. The molecule has 0 saturated heterocycles. The average Bonchev–Trinajstić information content (AvgIpc) is 2.78. The van der Waals surface area contributed by atoms with Crippen molar-refractivity contribution in [3.8, 4) is 5.75 Å². The summed E-state index contributed by atoms with van der Waals surface area (Å²) in [5.41, 5.74) is 4.36. The van der Waals surface area contributed by atoms with Crippen LogP contribution in [0.2, 0.25) is 10.2 Å². The van der Waals surface area contributed by atoms with E-state index < -0.39 is 17.9 Å². The molecule has 0 bridgehead atoms. The predicted molar refractivity (Wildman–Crippen MR) is 125 cm³/mol. The zero-order valence-corrected chi connectivity index (χ0v) is 19.6. The minimum atomic E-state index is -4.60. The number of benzene rings is 2. The maximum atomic E-state index is 13.8. The second-order valence-electron chi connectivity index (χ2n) is 7.35. The van der Waals surface area contributed by atoms with Crippen LogP contribution in [0.15, 0.2) is 54.7 Å². The Kier molecular flexibility index (Phi) is 8.41. The summed E-state index contributed by atoms with van der Waals surface area (Å²) < 4.78 is 60.3. The van der Waals surface area contributed by atoms with Crippen molar-refractivity contribution < 1.29 is 27.1 Å². The molecular formula is C24H20Cl2F4N2O2. The van der Waals surface area contributed by atoms with Gasteiger partial charge in [-0.2, -0.15) is 13.2 Å². The van der Waals surface area contributed by atoms with Gasteiger partial charge in [-0.15, -0.1) is 0 Å². The summed E-state index contributed by atoms with van der Waals surface area (Å²) >= 11 is 11.5. The van der Waals surface area contributed by atoms with Gasteiger partial charge in [0.05, 0.1) is 18.1 Å². The number of hydrogen-bond donors (Lipinski definition) is 1. The highest BCUT2D eigenvalue weighted by atomic mass is 35.5. The molecule has 0 amide bonds. The molecule has 1 N–H and O–H groups in total. The molecule has 0 aliphatic carbocycles. The summed E-state index contributed by atoms with van der Waals surface area (Å²) in [5, 5.41) is 0.0107. The summed E-state index contributed by atoms with van der Waals surface area (Å²) in [7, 11) is 1.43. The fourth-order valence-corrected chi connectivity index (χ4v) is 3.52. The van der Waals surface area contributed by atoms with Crippen molar-refractivity contribution in [2.75, 3.05) is 12.6 Å². The van der Waals surface area contributed by atoms with Crippen LogP contribution >= 0.6 is 23.2 Å². The van der Waals surface area contributed by atoms with E-state index in [0.29, 0.717) is 22.2 Å². The Hall–Kier alpha value is -2.81. The second-order valence-corrected chi connectivity index (χ2v) is 8.15. The lowest BCUT2D eigenvalue weighted by molar-refractivity contribution is -0.139. The molecule has 1 aromatic heterocycles. The molecule has 2 aromatic carbocycles. The third kappa shape index (κ3) is 6.62. The number of nitrogens with one attached hydrogen (secondary N) is 1. The van der Waals surface area contributed by atoms with Gasteiger partial charge in [0.15, 0.2) is 0 Å². The van der Waals surface area contributed by atoms with Gasteiger partial charge >= 0.3 is 6.18 Å². The van der Waals surface area contributed by atoms with Gasteiger partial charge in [0.1, 0.15) is 29.0 Å². The first-order chi connectivity index (χ1) is 16.1. The largest absolute Gasteiger partial charge is 0.494 e. The van der Waals surface area contributed by atoms with E-state index in [4.69, 9.17) is 32.8 Å². The van der Waals surface area contributed by atoms with Crippen LogP contribution in [0.1, 0.15) is 28.2 Å². The van der Waals surface area contributed by atoms with Crippen molar-refractivity contribution in [1.29, 1.82) is 0 Å². The third-order valence-electron chi connectivity index (χ3n) is 4.86. The molecule has 0 aliphatic rings. The monoisotopic (exact) mass is 514 g/mol. The number of hydrogen-bond acceptors (Lipinski definition) is 4. The van der Waals surface area contributed by atoms with Crippen LogP contribution in [0, 0.1) is 12.7 Å². The number of ether oxygens (including phenoxy) is 1. The van der Waals surface area contributed by atoms with Gasteiger partial charge in [0.25, 0.3) is 0 Å². The van der Waals surface area contributed by atoms with Crippen LogP contribution in [0.25, 0.3) is 6.08 Å². The van der Waals surface area contributed by atoms with E-state index in [-0.39, 0.29) is 22.8 Å². The molecule has 0 radical (unpaired) electrons. The Morgan fingerprint density at radius 1 is 1.12 bits per heavy atom. The number of alkyl halides is 3. The molecule has 3 aromatic rings. The van der Waals surface area contributed by atoms with Crippen LogP contribution in [-0.2, 0) is 11.4 Å². The van der Waals surface area contributed by atoms with Gasteiger partial charge in [-0.3, -0.25) is 10.3 Å². The number of anilines is 1. The van der Waals surface area contributed by atoms with E-state index in [1.54, 1.807) is 36.5 Å². The maximum absolute atomic E-state index is 13.8. The summed E-state index contributed by atoms with van der Waals surface area (Å²) in [6.07, 6.45) is -0.714. The van der Waals surface area contributed by atoms with E-state index in [9.17, 15) is 17.6 Å². The molecule has 180 valence electrons. The summed E-state index contributed by atoms with van der Waals surface area (Å²) in [6, 6.07) is 10.3. The fourth-order valence-electron chi connectivity index (χ4n) is 3.13. The molecule has 3 rings (SSSR count). The van der Waals surface area contributed by atoms with Crippen LogP contribution in [-0.4, -0.2) is 18.3 Å². The number of aromatic nitrogens is 1. The summed E-state index contributed by atoms with van der Waals surface area (Å²) in [4.78, 5) is 9.39. The lowest BCUT2D eigenvalue weighted by Crippen LogP contribution is -2.19. The number of aryl methyl sites for hydroxylation is 1. The summed E-state index contributed by atoms with van der Waals surface area (Å²) in [5.74, 6) is -2.34. The molecule has 0 saturated carbocycles. The molecular weight excluding hydrogens is 495 g/mol. The molecule has 1 unspecified atom stereocenters. The molecule has 1 atom stereocenters. The Morgan fingerprint density at radius 2 is 1.88 bits per heavy atom. The highest BCUT2D eigenvalue weighted by molar-refractivity contribution is 6.30. The number of nitrogens with zero attached hydrogens (tertiary/aromatic N) is 1. The van der Waals surface area contributed by atoms with Crippen molar-refractivity contribution in [3.05, 3.63) is 93.0 Å². The maximum Gasteiger partial charge on any atom is 0.399 e.